The van der Waals surface area contributed by atoms with Crippen molar-refractivity contribution in [1.82, 2.24) is 15.1 Å². The lowest BCUT2D eigenvalue weighted by molar-refractivity contribution is -0.142. The van der Waals surface area contributed by atoms with Crippen LogP contribution >= 0.6 is 0 Å². The molecule has 2 amide bonds. The minimum absolute atomic E-state index is 0.0264. The first-order valence-corrected chi connectivity index (χ1v) is 6.52. The van der Waals surface area contributed by atoms with Crippen molar-refractivity contribution in [2.45, 2.75) is 39.2 Å². The van der Waals surface area contributed by atoms with Crippen LogP contribution in [0, 0.1) is 13.8 Å². The number of carboxylic acids is 1. The van der Waals surface area contributed by atoms with Gasteiger partial charge in [0.1, 0.15) is 6.04 Å². The molecule has 21 heavy (non-hydrogen) atoms. The summed E-state index contributed by atoms with van der Waals surface area (Å²) in [6.45, 7) is 3.63. The number of hydrogen-bond acceptors (Lipinski definition) is 4. The van der Waals surface area contributed by atoms with E-state index >= 15 is 0 Å². The number of hydrogen-bond donors (Lipinski definition) is 3. The van der Waals surface area contributed by atoms with Gasteiger partial charge in [-0.15, -0.1) is 0 Å². The third-order valence-corrected chi connectivity index (χ3v) is 3.31. The molecule has 0 radical (unpaired) electrons. The first-order chi connectivity index (χ1) is 9.72. The quantitative estimate of drug-likeness (QED) is 0.620. The Labute approximate surface area is 122 Å². The molecule has 0 fully saturated rings. The molecule has 1 heterocycles. The molecule has 8 heteroatoms. The van der Waals surface area contributed by atoms with Gasteiger partial charge in [0.15, 0.2) is 0 Å². The number of aromatic nitrogens is 2. The number of amides is 2. The van der Waals surface area contributed by atoms with Crippen molar-refractivity contribution in [3.8, 4) is 0 Å². The third-order valence-electron chi connectivity index (χ3n) is 3.31. The molecule has 0 aliphatic rings. The summed E-state index contributed by atoms with van der Waals surface area (Å²) in [6.07, 6.45) is -0.0739. The minimum atomic E-state index is -1.19. The number of aliphatic carboxylic acids is 1. The van der Waals surface area contributed by atoms with E-state index in [2.05, 4.69) is 10.4 Å². The summed E-state index contributed by atoms with van der Waals surface area (Å²) in [6, 6.07) is -1.12. The molecule has 0 saturated heterocycles. The third kappa shape index (κ3) is 4.59. The van der Waals surface area contributed by atoms with Gasteiger partial charge in [0.05, 0.1) is 12.1 Å². The Hall–Kier alpha value is -2.38. The molecule has 116 valence electrons. The maximum Gasteiger partial charge on any atom is 0.326 e. The predicted octanol–water partition coefficient (Wildman–Crippen LogP) is -0.586. The van der Waals surface area contributed by atoms with E-state index in [1.54, 1.807) is 18.7 Å². The normalized spacial score (nSPS) is 12.0. The van der Waals surface area contributed by atoms with Gasteiger partial charge in [-0.2, -0.15) is 5.10 Å². The number of nitrogens with one attached hydrogen (secondary N) is 1. The topological polar surface area (TPSA) is 127 Å². The molecule has 0 aliphatic heterocycles. The molecule has 0 spiro atoms. The van der Waals surface area contributed by atoms with Gasteiger partial charge in [-0.05, 0) is 20.3 Å². The predicted molar refractivity (Wildman–Crippen MR) is 74.4 cm³/mol. The second kappa shape index (κ2) is 6.87. The van der Waals surface area contributed by atoms with Crippen LogP contribution in [0.2, 0.25) is 0 Å². The van der Waals surface area contributed by atoms with Gasteiger partial charge in [0.2, 0.25) is 11.8 Å². The Balaban J connectivity index is 2.70. The summed E-state index contributed by atoms with van der Waals surface area (Å²) in [7, 11) is 1.77. The second-order valence-electron chi connectivity index (χ2n) is 4.91. The van der Waals surface area contributed by atoms with Crippen LogP contribution in [0.3, 0.4) is 0 Å². The Morgan fingerprint density at radius 2 is 2.00 bits per heavy atom. The highest BCUT2D eigenvalue weighted by Gasteiger charge is 2.22. The standard InChI is InChI=1S/C13H20N4O4/c1-7-9(8(2)17(3)16-7)6-12(19)15-10(13(20)21)4-5-11(14)18/h10H,4-6H2,1-3H3,(H2,14,18)(H,15,19)(H,20,21). The molecule has 1 unspecified atom stereocenters. The number of carboxylic acid groups (broad SMARTS) is 1. The Bertz CT molecular complexity index is 565. The van der Waals surface area contributed by atoms with E-state index in [-0.39, 0.29) is 19.3 Å². The smallest absolute Gasteiger partial charge is 0.326 e. The van der Waals surface area contributed by atoms with E-state index in [1.165, 1.54) is 0 Å². The van der Waals surface area contributed by atoms with E-state index in [9.17, 15) is 14.4 Å². The molecule has 1 aromatic heterocycles. The van der Waals surface area contributed by atoms with Gasteiger partial charge in [-0.1, -0.05) is 0 Å². The van der Waals surface area contributed by atoms with E-state index < -0.39 is 23.8 Å². The van der Waals surface area contributed by atoms with Crippen LogP contribution in [-0.4, -0.2) is 38.7 Å². The number of rotatable bonds is 7. The SMILES string of the molecule is Cc1nn(C)c(C)c1CC(=O)NC(CCC(N)=O)C(=O)O. The maximum absolute atomic E-state index is 12.0. The fraction of sp³-hybridized carbons (Fsp3) is 0.538. The van der Waals surface area contributed by atoms with E-state index in [4.69, 9.17) is 10.8 Å². The number of carbonyl (C=O) groups excluding carboxylic acids is 2. The summed E-state index contributed by atoms with van der Waals surface area (Å²) in [5, 5.41) is 15.6. The number of nitrogens with zero attached hydrogens (tertiary/aromatic N) is 2. The molecule has 0 aromatic carbocycles. The van der Waals surface area contributed by atoms with E-state index in [0.717, 1.165) is 17.0 Å². The summed E-state index contributed by atoms with van der Waals surface area (Å²) in [5.74, 6) is -2.22. The summed E-state index contributed by atoms with van der Waals surface area (Å²) < 4.78 is 1.67. The van der Waals surface area contributed by atoms with Gasteiger partial charge < -0.3 is 16.2 Å². The fourth-order valence-electron chi connectivity index (χ4n) is 2.02. The molecule has 0 bridgehead atoms. The van der Waals surface area contributed by atoms with Crippen LogP contribution in [-0.2, 0) is 27.9 Å². The summed E-state index contributed by atoms with van der Waals surface area (Å²) >= 11 is 0. The van der Waals surface area contributed by atoms with Crippen molar-refractivity contribution in [1.29, 1.82) is 0 Å². The molecule has 1 atom stereocenters. The molecular formula is C13H20N4O4. The molecule has 1 aromatic rings. The second-order valence-corrected chi connectivity index (χ2v) is 4.91. The van der Waals surface area contributed by atoms with Crippen molar-refractivity contribution in [3.05, 3.63) is 17.0 Å². The average Bonchev–Trinajstić information content (AvgIpc) is 2.60. The number of carbonyl (C=O) groups is 3. The van der Waals surface area contributed by atoms with Crippen LogP contribution in [0.4, 0.5) is 0 Å². The molecule has 8 nitrogen and oxygen atoms in total. The fourth-order valence-corrected chi connectivity index (χ4v) is 2.02. The monoisotopic (exact) mass is 296 g/mol. The highest BCUT2D eigenvalue weighted by atomic mass is 16.4. The number of nitrogens with two attached hydrogens (primary N) is 1. The van der Waals surface area contributed by atoms with Crippen molar-refractivity contribution in [2.75, 3.05) is 0 Å². The van der Waals surface area contributed by atoms with Crippen LogP contribution in [0.25, 0.3) is 0 Å². The van der Waals surface area contributed by atoms with E-state index in [1.807, 2.05) is 6.92 Å². The maximum atomic E-state index is 12.0. The number of primary amides is 1. The van der Waals surface area contributed by atoms with Gasteiger partial charge in [-0.3, -0.25) is 14.3 Å². The minimum Gasteiger partial charge on any atom is -0.480 e. The van der Waals surface area contributed by atoms with Crippen molar-refractivity contribution in [2.24, 2.45) is 12.8 Å². The lowest BCUT2D eigenvalue weighted by atomic mass is 10.1. The highest BCUT2D eigenvalue weighted by Crippen LogP contribution is 2.12. The number of aryl methyl sites for hydroxylation is 2. The summed E-state index contributed by atoms with van der Waals surface area (Å²) in [4.78, 5) is 33.7. The summed E-state index contributed by atoms with van der Waals surface area (Å²) in [5.41, 5.74) is 7.34. The lowest BCUT2D eigenvalue weighted by Gasteiger charge is -2.13. The largest absolute Gasteiger partial charge is 0.480 e. The molecule has 4 N–H and O–H groups in total. The Kier molecular flexibility index (Phi) is 5.45. The van der Waals surface area contributed by atoms with Crippen molar-refractivity contribution in [3.63, 3.8) is 0 Å². The Morgan fingerprint density at radius 1 is 1.38 bits per heavy atom. The molecular weight excluding hydrogens is 276 g/mol. The van der Waals surface area contributed by atoms with Crippen LogP contribution in [0.1, 0.15) is 29.8 Å². The van der Waals surface area contributed by atoms with Crippen LogP contribution in [0.5, 0.6) is 0 Å². The zero-order valence-electron chi connectivity index (χ0n) is 12.3. The molecule has 1 rings (SSSR count). The van der Waals surface area contributed by atoms with Crippen LogP contribution in [0.15, 0.2) is 0 Å². The van der Waals surface area contributed by atoms with Gasteiger partial charge in [0, 0.05) is 24.7 Å². The Morgan fingerprint density at radius 3 is 2.43 bits per heavy atom. The van der Waals surface area contributed by atoms with E-state index in [0.29, 0.717) is 0 Å². The van der Waals surface area contributed by atoms with Crippen molar-refractivity contribution >= 4 is 17.8 Å². The lowest BCUT2D eigenvalue weighted by Crippen LogP contribution is -2.42. The first kappa shape index (κ1) is 16.7. The van der Waals surface area contributed by atoms with Crippen molar-refractivity contribution < 1.29 is 19.5 Å². The first-order valence-electron chi connectivity index (χ1n) is 6.52. The van der Waals surface area contributed by atoms with Gasteiger partial charge in [0.25, 0.3) is 0 Å². The van der Waals surface area contributed by atoms with Gasteiger partial charge >= 0.3 is 5.97 Å². The van der Waals surface area contributed by atoms with Gasteiger partial charge in [-0.25, -0.2) is 4.79 Å². The van der Waals surface area contributed by atoms with Crippen LogP contribution < -0.4 is 11.1 Å². The zero-order chi connectivity index (χ0) is 16.2. The zero-order valence-corrected chi connectivity index (χ0v) is 12.3. The highest BCUT2D eigenvalue weighted by molar-refractivity contribution is 5.85. The molecule has 0 aliphatic carbocycles. The average molecular weight is 296 g/mol. The molecule has 0 saturated carbocycles.